The van der Waals surface area contributed by atoms with Gasteiger partial charge in [0.25, 0.3) is 5.91 Å². The van der Waals surface area contributed by atoms with Crippen LogP contribution < -0.4 is 5.73 Å². The van der Waals surface area contributed by atoms with Gasteiger partial charge in [-0.3, -0.25) is 19.3 Å². The predicted octanol–water partition coefficient (Wildman–Crippen LogP) is 3.10. The van der Waals surface area contributed by atoms with Crippen molar-refractivity contribution >= 4 is 29.1 Å². The highest BCUT2D eigenvalue weighted by Gasteiger charge is 2.59. The Morgan fingerprint density at radius 3 is 2.43 bits per heavy atom. The predicted molar refractivity (Wildman–Crippen MR) is 136 cm³/mol. The Morgan fingerprint density at radius 2 is 1.86 bits per heavy atom. The molecule has 1 unspecified atom stereocenters. The van der Waals surface area contributed by atoms with Crippen LogP contribution in [0.25, 0.3) is 0 Å². The van der Waals surface area contributed by atoms with E-state index in [9.17, 15) is 34.8 Å². The van der Waals surface area contributed by atoms with Crippen LogP contribution in [-0.4, -0.2) is 61.5 Å². The van der Waals surface area contributed by atoms with Crippen LogP contribution in [0.4, 0.5) is 0 Å². The maximum atomic E-state index is 13.6. The van der Waals surface area contributed by atoms with Gasteiger partial charge in [0.1, 0.15) is 22.8 Å². The van der Waals surface area contributed by atoms with E-state index in [-0.39, 0.29) is 47.6 Å². The van der Waals surface area contributed by atoms with Crippen molar-refractivity contribution in [3.63, 3.8) is 0 Å². The second-order valence-corrected chi connectivity index (χ2v) is 12.0. The number of Topliss-reactive ketones (excluding diaryl/α,β-unsaturated/α-hetero) is 2. The lowest BCUT2D eigenvalue weighted by molar-refractivity contribution is -0.144. The number of nitrogens with two attached hydrogens (primary N) is 1. The van der Waals surface area contributed by atoms with Crippen molar-refractivity contribution in [2.24, 2.45) is 23.0 Å². The maximum Gasteiger partial charge on any atom is 0.255 e. The third-order valence-corrected chi connectivity index (χ3v) is 8.88. The minimum atomic E-state index is -2.58. The number of allylic oxidation sites excluding steroid dienone is 2. The number of phenols is 1. The first-order valence-corrected chi connectivity index (χ1v) is 12.6. The highest BCUT2D eigenvalue weighted by atomic mass is 35.5. The first kappa shape index (κ1) is 27.2. The van der Waals surface area contributed by atoms with Gasteiger partial charge in [-0.1, -0.05) is 32.4 Å². The molecule has 9 nitrogen and oxygen atoms in total. The summed E-state index contributed by atoms with van der Waals surface area (Å²) in [5, 5.41) is 43.9. The SMILES string of the molecule is C[C@@H](N(C)Cc1cc(O)c2c(c1Cl)CC1C[C@H]3CC(O)=C(C(N)=O)C(=O)[C@@]3(O)C(O)=C1C2=O)C(C)(C)C. The number of fused-ring (bicyclic) bond motifs is 3. The molecule has 3 aliphatic carbocycles. The number of benzene rings is 1. The molecule has 1 aromatic rings. The van der Waals surface area contributed by atoms with Gasteiger partial charge < -0.3 is 26.2 Å². The molecule has 6 N–H and O–H groups in total. The number of hydrogen-bond acceptors (Lipinski definition) is 8. The molecule has 200 valence electrons. The average molecular weight is 533 g/mol. The summed E-state index contributed by atoms with van der Waals surface area (Å²) in [7, 11) is 1.95. The van der Waals surface area contributed by atoms with Crippen molar-refractivity contribution in [2.45, 2.75) is 65.1 Å². The molecular weight excluding hydrogens is 500 g/mol. The average Bonchev–Trinajstić information content (AvgIpc) is 2.77. The molecule has 0 radical (unpaired) electrons. The van der Waals surface area contributed by atoms with Crippen LogP contribution in [-0.2, 0) is 22.6 Å². The Morgan fingerprint density at radius 1 is 1.24 bits per heavy atom. The Balaban J connectivity index is 1.79. The van der Waals surface area contributed by atoms with Crippen molar-refractivity contribution in [3.05, 3.63) is 50.4 Å². The normalized spacial score (nSPS) is 26.7. The van der Waals surface area contributed by atoms with Gasteiger partial charge >= 0.3 is 0 Å². The molecule has 0 bridgehead atoms. The zero-order valence-electron chi connectivity index (χ0n) is 21.6. The molecule has 37 heavy (non-hydrogen) atoms. The number of aliphatic hydroxyl groups excluding tert-OH is 2. The first-order chi connectivity index (χ1) is 17.0. The summed E-state index contributed by atoms with van der Waals surface area (Å²) in [6.45, 7) is 8.89. The number of carbonyl (C=O) groups is 3. The van der Waals surface area contributed by atoms with Crippen molar-refractivity contribution in [1.29, 1.82) is 0 Å². The van der Waals surface area contributed by atoms with Crippen LogP contribution in [0.15, 0.2) is 28.7 Å². The lowest BCUT2D eigenvalue weighted by Gasteiger charge is -2.45. The minimum absolute atomic E-state index is 0.00459. The molecule has 3 aliphatic rings. The monoisotopic (exact) mass is 532 g/mol. The third kappa shape index (κ3) is 4.04. The van der Waals surface area contributed by atoms with Crippen molar-refractivity contribution in [2.75, 3.05) is 7.05 Å². The van der Waals surface area contributed by atoms with Gasteiger partial charge in [0.2, 0.25) is 5.78 Å². The highest BCUT2D eigenvalue weighted by molar-refractivity contribution is 6.33. The zero-order chi connectivity index (χ0) is 27.8. The van der Waals surface area contributed by atoms with Crippen molar-refractivity contribution in [3.8, 4) is 5.75 Å². The van der Waals surface area contributed by atoms with Gasteiger partial charge in [-0.2, -0.15) is 0 Å². The van der Waals surface area contributed by atoms with Gasteiger partial charge in [0.05, 0.1) is 5.56 Å². The fourth-order valence-electron chi connectivity index (χ4n) is 5.90. The van der Waals surface area contributed by atoms with E-state index in [1.54, 1.807) is 0 Å². The topological polar surface area (TPSA) is 161 Å². The third-order valence-electron chi connectivity index (χ3n) is 8.40. The number of aliphatic hydroxyl groups is 3. The fourth-order valence-corrected chi connectivity index (χ4v) is 6.19. The number of primary amides is 1. The Hall–Kier alpha value is -2.88. The smallest absolute Gasteiger partial charge is 0.255 e. The molecule has 4 rings (SSSR count). The molecule has 0 saturated heterocycles. The number of amides is 1. The van der Waals surface area contributed by atoms with E-state index in [4.69, 9.17) is 17.3 Å². The number of nitrogens with zero attached hydrogens (tertiary/aromatic N) is 1. The molecule has 1 aromatic carbocycles. The Kier molecular flexibility index (Phi) is 6.50. The number of rotatable bonds is 4. The molecule has 1 amide bonds. The standard InChI is InChI=1S/C27H33ClN2O7/c1-11(26(2,3)4)30(5)10-13-8-16(31)19-15(21(13)28)7-12-6-14-9-17(32)20(25(29)36)24(35)27(14,37)23(34)18(12)22(19)33/h8,11-12,14,31-32,34,37H,6-7,9-10H2,1-5H3,(H2,29,36)/t11-,12?,14+,27+/m1/s1. The van der Waals surface area contributed by atoms with E-state index >= 15 is 0 Å². The summed E-state index contributed by atoms with van der Waals surface area (Å²) in [6.07, 6.45) is -0.0394. The lowest BCUT2D eigenvalue weighted by Crippen LogP contribution is -2.57. The van der Waals surface area contributed by atoms with Crippen molar-refractivity contribution in [1.82, 2.24) is 4.90 Å². The van der Waals surface area contributed by atoms with Gasteiger partial charge in [0, 0.05) is 35.5 Å². The highest BCUT2D eigenvalue weighted by Crippen LogP contribution is 2.52. The lowest BCUT2D eigenvalue weighted by atomic mass is 9.60. The van der Waals surface area contributed by atoms with Crippen molar-refractivity contribution < 1.29 is 34.8 Å². The molecule has 4 atom stereocenters. The van der Waals surface area contributed by atoms with E-state index in [1.807, 2.05) is 7.05 Å². The largest absolute Gasteiger partial charge is 0.511 e. The summed E-state index contributed by atoms with van der Waals surface area (Å²) in [5.74, 6) is -6.58. The molecule has 0 spiro atoms. The number of aromatic hydroxyl groups is 1. The number of carbonyl (C=O) groups excluding carboxylic acids is 3. The van der Waals surface area contributed by atoms with Crippen LogP contribution in [0.2, 0.25) is 5.02 Å². The molecule has 0 heterocycles. The quantitative estimate of drug-likeness (QED) is 0.369. The van der Waals surface area contributed by atoms with Gasteiger partial charge in [0.15, 0.2) is 11.4 Å². The van der Waals surface area contributed by atoms with Crippen LogP contribution in [0.1, 0.15) is 62.0 Å². The summed E-state index contributed by atoms with van der Waals surface area (Å²) < 4.78 is 0. The fraction of sp³-hybridized carbons (Fsp3) is 0.519. The van der Waals surface area contributed by atoms with E-state index in [1.165, 1.54) is 6.07 Å². The van der Waals surface area contributed by atoms with E-state index < -0.39 is 52.0 Å². The summed E-state index contributed by atoms with van der Waals surface area (Å²) in [6, 6.07) is 1.61. The summed E-state index contributed by atoms with van der Waals surface area (Å²) >= 11 is 6.79. The van der Waals surface area contributed by atoms with Crippen LogP contribution in [0, 0.1) is 17.3 Å². The van der Waals surface area contributed by atoms with E-state index in [0.717, 1.165) is 0 Å². The number of ketones is 2. The second-order valence-electron chi connectivity index (χ2n) is 11.6. The molecular formula is C27H33ClN2O7. The number of halogens is 1. The molecule has 0 aromatic heterocycles. The van der Waals surface area contributed by atoms with Gasteiger partial charge in [-0.25, -0.2) is 0 Å². The Labute approximate surface area is 220 Å². The molecule has 0 aliphatic heterocycles. The molecule has 0 saturated carbocycles. The number of hydrogen-bond donors (Lipinski definition) is 5. The maximum absolute atomic E-state index is 13.6. The minimum Gasteiger partial charge on any atom is -0.511 e. The van der Waals surface area contributed by atoms with E-state index in [0.29, 0.717) is 22.7 Å². The first-order valence-electron chi connectivity index (χ1n) is 12.2. The van der Waals surface area contributed by atoms with Gasteiger partial charge in [-0.15, -0.1) is 0 Å². The Bertz CT molecular complexity index is 1290. The number of phenolic OH excluding ortho intramolecular Hbond substituents is 1. The van der Waals surface area contributed by atoms with Crippen LogP contribution in [0.5, 0.6) is 5.75 Å². The summed E-state index contributed by atoms with van der Waals surface area (Å²) in [5.41, 5.74) is 2.63. The van der Waals surface area contributed by atoms with E-state index in [2.05, 4.69) is 32.6 Å². The zero-order valence-corrected chi connectivity index (χ0v) is 22.3. The summed E-state index contributed by atoms with van der Waals surface area (Å²) in [4.78, 5) is 40.5. The van der Waals surface area contributed by atoms with Crippen LogP contribution >= 0.6 is 11.6 Å². The molecule has 0 fully saturated rings. The van der Waals surface area contributed by atoms with Gasteiger partial charge in [-0.05, 0) is 55.3 Å². The second kappa shape index (κ2) is 8.85. The van der Waals surface area contributed by atoms with Crippen LogP contribution in [0.3, 0.4) is 0 Å². The molecule has 10 heteroatoms.